The summed E-state index contributed by atoms with van der Waals surface area (Å²) in [6, 6.07) is 12.8. The maximum atomic E-state index is 10.2. The largest absolute Gasteiger partial charge is 0.491 e. The molecule has 2 N–H and O–H groups in total. The van der Waals surface area contributed by atoms with E-state index >= 15 is 0 Å². The van der Waals surface area contributed by atoms with Crippen molar-refractivity contribution in [1.29, 1.82) is 5.26 Å². The first-order chi connectivity index (χ1) is 10.6. The number of anilines is 1. The van der Waals surface area contributed by atoms with E-state index in [-0.39, 0.29) is 6.10 Å². The molecule has 2 rings (SSSR count). The lowest BCUT2D eigenvalue weighted by molar-refractivity contribution is 0.191. The number of aliphatic hydroxyl groups is 1. The molecule has 0 fully saturated rings. The number of rotatable bonds is 6. The van der Waals surface area contributed by atoms with Crippen LogP contribution in [0.3, 0.4) is 0 Å². The lowest BCUT2D eigenvalue weighted by atomic mass is 10.1. The van der Waals surface area contributed by atoms with Gasteiger partial charge >= 0.3 is 0 Å². The molecule has 0 saturated carbocycles. The fourth-order valence-corrected chi connectivity index (χ4v) is 1.94. The molecule has 0 bridgehead atoms. The van der Waals surface area contributed by atoms with Crippen LogP contribution in [0.5, 0.6) is 5.75 Å². The van der Waals surface area contributed by atoms with Crippen LogP contribution in [0.4, 0.5) is 5.69 Å². The summed E-state index contributed by atoms with van der Waals surface area (Å²) in [4.78, 5) is 3.97. The molecule has 0 spiro atoms. The second-order valence-corrected chi connectivity index (χ2v) is 5.18. The highest BCUT2D eigenvalue weighted by Crippen LogP contribution is 2.19. The Kier molecular flexibility index (Phi) is 5.34. The Hall–Kier alpha value is -2.58. The average Bonchev–Trinajstić information content (AvgIpc) is 2.53. The molecule has 1 heterocycles. The number of nitrogens with zero attached hydrogens (tertiary/aromatic N) is 2. The fourth-order valence-electron chi connectivity index (χ4n) is 1.94. The maximum Gasteiger partial charge on any atom is 0.140 e. The zero-order valence-corrected chi connectivity index (χ0v) is 12.7. The van der Waals surface area contributed by atoms with Crippen LogP contribution >= 0.6 is 0 Å². The van der Waals surface area contributed by atoms with Gasteiger partial charge in [0.25, 0.3) is 0 Å². The lowest BCUT2D eigenvalue weighted by Gasteiger charge is -2.14. The minimum atomic E-state index is -0.635. The van der Waals surface area contributed by atoms with Gasteiger partial charge in [0, 0.05) is 6.54 Å². The van der Waals surface area contributed by atoms with Crippen molar-refractivity contribution in [3.05, 3.63) is 53.9 Å². The van der Waals surface area contributed by atoms with Gasteiger partial charge in [0.05, 0.1) is 24.1 Å². The number of ether oxygens (including phenoxy) is 1. The summed E-state index contributed by atoms with van der Waals surface area (Å²) in [6.07, 6.45) is 1.07. The Morgan fingerprint density at radius 2 is 1.95 bits per heavy atom. The van der Waals surface area contributed by atoms with E-state index in [4.69, 9.17) is 10.00 Å². The topological polar surface area (TPSA) is 78.2 Å². The molecule has 114 valence electrons. The van der Waals surface area contributed by atoms with Crippen LogP contribution in [-0.2, 0) is 0 Å². The molecule has 0 saturated heterocycles. The molecule has 1 atom stereocenters. The second kappa shape index (κ2) is 7.43. The molecule has 22 heavy (non-hydrogen) atoms. The monoisotopic (exact) mass is 297 g/mol. The van der Waals surface area contributed by atoms with Crippen LogP contribution in [0.25, 0.3) is 0 Å². The first-order valence-corrected chi connectivity index (χ1v) is 7.13. The van der Waals surface area contributed by atoms with Crippen molar-refractivity contribution in [3.8, 4) is 11.8 Å². The quantitative estimate of drug-likeness (QED) is 0.857. The van der Waals surface area contributed by atoms with Crippen molar-refractivity contribution in [3.63, 3.8) is 0 Å². The molecular formula is C17H19N3O2. The van der Waals surface area contributed by atoms with Gasteiger partial charge in [-0.25, -0.2) is 4.98 Å². The van der Waals surface area contributed by atoms with E-state index < -0.39 is 6.10 Å². The molecule has 2 aromatic rings. The van der Waals surface area contributed by atoms with Crippen molar-refractivity contribution in [1.82, 2.24) is 4.98 Å². The highest BCUT2D eigenvalue weighted by atomic mass is 16.5. The van der Waals surface area contributed by atoms with Crippen LogP contribution in [0.1, 0.15) is 31.2 Å². The zero-order chi connectivity index (χ0) is 15.9. The summed E-state index contributed by atoms with van der Waals surface area (Å²) in [5.41, 5.74) is 1.94. The molecule has 0 aliphatic carbocycles. The first-order valence-electron chi connectivity index (χ1n) is 7.13. The zero-order valence-electron chi connectivity index (χ0n) is 12.7. The number of nitriles is 1. The Morgan fingerprint density at radius 1 is 1.23 bits per heavy atom. The second-order valence-electron chi connectivity index (χ2n) is 5.18. The van der Waals surface area contributed by atoms with Gasteiger partial charge in [-0.05, 0) is 43.7 Å². The number of nitrogens with one attached hydrogen (secondary N) is 1. The number of benzene rings is 1. The van der Waals surface area contributed by atoms with Crippen molar-refractivity contribution in [2.75, 3.05) is 11.9 Å². The predicted molar refractivity (Wildman–Crippen MR) is 84.6 cm³/mol. The van der Waals surface area contributed by atoms with Crippen molar-refractivity contribution < 1.29 is 9.84 Å². The van der Waals surface area contributed by atoms with Gasteiger partial charge in [0.1, 0.15) is 17.5 Å². The van der Waals surface area contributed by atoms with Crippen LogP contribution < -0.4 is 10.1 Å². The third-order valence-electron chi connectivity index (χ3n) is 3.01. The first kappa shape index (κ1) is 15.8. The van der Waals surface area contributed by atoms with Crippen LogP contribution in [0.2, 0.25) is 0 Å². The molecule has 0 radical (unpaired) electrons. The normalized spacial score (nSPS) is 11.8. The van der Waals surface area contributed by atoms with Gasteiger partial charge < -0.3 is 15.2 Å². The number of aromatic nitrogens is 1. The minimum absolute atomic E-state index is 0.126. The van der Waals surface area contributed by atoms with Gasteiger partial charge in [0.2, 0.25) is 0 Å². The van der Waals surface area contributed by atoms with E-state index in [2.05, 4.69) is 10.3 Å². The smallest absolute Gasteiger partial charge is 0.140 e. The molecule has 1 aromatic heterocycles. The van der Waals surface area contributed by atoms with E-state index in [1.807, 2.05) is 44.2 Å². The van der Waals surface area contributed by atoms with Gasteiger partial charge in [-0.3, -0.25) is 0 Å². The van der Waals surface area contributed by atoms with E-state index in [0.29, 0.717) is 12.2 Å². The summed E-state index contributed by atoms with van der Waals surface area (Å²) >= 11 is 0. The highest BCUT2D eigenvalue weighted by Gasteiger charge is 2.08. The molecule has 1 unspecified atom stereocenters. The summed E-state index contributed by atoms with van der Waals surface area (Å²) in [5, 5.41) is 22.0. The van der Waals surface area contributed by atoms with Crippen molar-refractivity contribution >= 4 is 5.69 Å². The number of aliphatic hydroxyl groups excluding tert-OH is 1. The van der Waals surface area contributed by atoms with Gasteiger partial charge in [-0.15, -0.1) is 0 Å². The average molecular weight is 297 g/mol. The molecule has 5 nitrogen and oxygen atoms in total. The molecule has 0 aliphatic rings. The lowest BCUT2D eigenvalue weighted by Crippen LogP contribution is -2.12. The Morgan fingerprint density at radius 3 is 2.50 bits per heavy atom. The van der Waals surface area contributed by atoms with Crippen LogP contribution in [0, 0.1) is 11.3 Å². The summed E-state index contributed by atoms with van der Waals surface area (Å²) in [7, 11) is 0. The highest BCUT2D eigenvalue weighted by molar-refractivity contribution is 5.43. The Labute approximate surface area is 130 Å². The molecule has 5 heteroatoms. The molecule has 0 amide bonds. The van der Waals surface area contributed by atoms with Crippen LogP contribution in [-0.4, -0.2) is 22.7 Å². The van der Waals surface area contributed by atoms with E-state index in [9.17, 15) is 5.11 Å². The van der Waals surface area contributed by atoms with E-state index in [0.717, 1.165) is 17.0 Å². The van der Waals surface area contributed by atoms with Gasteiger partial charge in [-0.1, -0.05) is 12.1 Å². The maximum absolute atomic E-state index is 10.2. The van der Waals surface area contributed by atoms with Gasteiger partial charge in [-0.2, -0.15) is 5.26 Å². The summed E-state index contributed by atoms with van der Waals surface area (Å²) in [5.74, 6) is 0.787. The van der Waals surface area contributed by atoms with Gasteiger partial charge in [0.15, 0.2) is 0 Å². The summed E-state index contributed by atoms with van der Waals surface area (Å²) < 4.78 is 5.57. The molecule has 0 aliphatic heterocycles. The fraction of sp³-hybridized carbons (Fsp3) is 0.294. The van der Waals surface area contributed by atoms with E-state index in [1.165, 1.54) is 0 Å². The standard InChI is InChI=1S/C17H19N3O2/c1-12(2)22-16-7-3-13(4-8-16)17(21)11-20-15-6-5-14(9-18)19-10-15/h3-8,10,12,17,20-21H,11H2,1-2H3. The van der Waals surface area contributed by atoms with Crippen molar-refractivity contribution in [2.24, 2.45) is 0 Å². The Balaban J connectivity index is 1.91. The van der Waals surface area contributed by atoms with Crippen molar-refractivity contribution in [2.45, 2.75) is 26.1 Å². The predicted octanol–water partition coefficient (Wildman–Crippen LogP) is 2.89. The SMILES string of the molecule is CC(C)Oc1ccc(C(O)CNc2ccc(C#N)nc2)cc1. The van der Waals surface area contributed by atoms with Crippen LogP contribution in [0.15, 0.2) is 42.6 Å². The minimum Gasteiger partial charge on any atom is -0.491 e. The number of hydrogen-bond acceptors (Lipinski definition) is 5. The third-order valence-corrected chi connectivity index (χ3v) is 3.01. The summed E-state index contributed by atoms with van der Waals surface area (Å²) in [6.45, 7) is 4.30. The number of pyridine rings is 1. The molecule has 1 aromatic carbocycles. The Bertz CT molecular complexity index is 630. The van der Waals surface area contributed by atoms with E-state index in [1.54, 1.807) is 18.3 Å². The molecular weight excluding hydrogens is 278 g/mol. The third kappa shape index (κ3) is 4.47. The number of hydrogen-bond donors (Lipinski definition) is 2.